The normalized spacial score (nSPS) is 17.6. The summed E-state index contributed by atoms with van der Waals surface area (Å²) in [5, 5.41) is 3.00. The van der Waals surface area contributed by atoms with Gasteiger partial charge >= 0.3 is 0 Å². The molecule has 1 aromatic carbocycles. The molecule has 1 fully saturated rings. The summed E-state index contributed by atoms with van der Waals surface area (Å²) in [6.45, 7) is 4.54. The average molecular weight is 276 g/mol. The van der Waals surface area contributed by atoms with Gasteiger partial charge in [-0.3, -0.25) is 4.79 Å². The highest BCUT2D eigenvalue weighted by Crippen LogP contribution is 2.50. The van der Waals surface area contributed by atoms with Crippen LogP contribution in [0, 0.1) is 5.92 Å². The topological polar surface area (TPSA) is 64.3 Å². The van der Waals surface area contributed by atoms with Crippen LogP contribution in [0.4, 0.5) is 0 Å². The lowest BCUT2D eigenvalue weighted by Crippen LogP contribution is -2.46. The summed E-state index contributed by atoms with van der Waals surface area (Å²) < 4.78 is 5.43. The number of carbonyl (C=O) groups excluding carboxylic acids is 1. The summed E-state index contributed by atoms with van der Waals surface area (Å²) in [7, 11) is 1.68. The maximum Gasteiger partial charge on any atom is 0.237 e. The summed E-state index contributed by atoms with van der Waals surface area (Å²) in [6.07, 6.45) is 2.15. The van der Waals surface area contributed by atoms with Crippen molar-refractivity contribution in [2.45, 2.75) is 38.1 Å². The summed E-state index contributed by atoms with van der Waals surface area (Å²) in [5.41, 5.74) is 7.08. The third-order valence-electron chi connectivity index (χ3n) is 4.15. The Bertz CT molecular complexity index is 481. The minimum absolute atomic E-state index is 0.0267. The number of ether oxygens (including phenoxy) is 1. The van der Waals surface area contributed by atoms with Crippen molar-refractivity contribution in [1.82, 2.24) is 5.32 Å². The highest BCUT2D eigenvalue weighted by molar-refractivity contribution is 5.81. The average Bonchev–Trinajstić information content (AvgIpc) is 3.24. The Hall–Kier alpha value is -1.55. The van der Waals surface area contributed by atoms with Crippen molar-refractivity contribution in [3.63, 3.8) is 0 Å². The highest BCUT2D eigenvalue weighted by Gasteiger charge is 2.46. The fourth-order valence-electron chi connectivity index (χ4n) is 2.45. The second-order valence-electron chi connectivity index (χ2n) is 5.97. The van der Waals surface area contributed by atoms with Crippen LogP contribution in [0.1, 0.15) is 32.3 Å². The standard InChI is InChI=1S/C16H24N2O2/c1-11(2)14(17)15(19)18-10-16(8-9-16)12-6-4-5-7-13(12)20-3/h4-7,11,14H,8-10,17H2,1-3H3,(H,18,19). The van der Waals surface area contributed by atoms with Crippen LogP contribution in [0.25, 0.3) is 0 Å². The summed E-state index contributed by atoms with van der Waals surface area (Å²) >= 11 is 0. The lowest BCUT2D eigenvalue weighted by Gasteiger charge is -2.21. The lowest BCUT2D eigenvalue weighted by molar-refractivity contribution is -0.123. The van der Waals surface area contributed by atoms with Crippen LogP contribution in [0.2, 0.25) is 0 Å². The molecule has 1 aliphatic carbocycles. The first-order chi connectivity index (χ1) is 9.50. The summed E-state index contributed by atoms with van der Waals surface area (Å²) in [4.78, 5) is 12.0. The van der Waals surface area contributed by atoms with Crippen LogP contribution in [0.5, 0.6) is 5.75 Å². The van der Waals surface area contributed by atoms with Crippen molar-refractivity contribution < 1.29 is 9.53 Å². The van der Waals surface area contributed by atoms with E-state index in [4.69, 9.17) is 10.5 Å². The van der Waals surface area contributed by atoms with Crippen molar-refractivity contribution in [1.29, 1.82) is 0 Å². The van der Waals surface area contributed by atoms with Crippen LogP contribution in [-0.2, 0) is 10.2 Å². The smallest absolute Gasteiger partial charge is 0.237 e. The first-order valence-corrected chi connectivity index (χ1v) is 7.17. The minimum Gasteiger partial charge on any atom is -0.496 e. The van der Waals surface area contributed by atoms with Gasteiger partial charge in [-0.15, -0.1) is 0 Å². The van der Waals surface area contributed by atoms with E-state index in [9.17, 15) is 4.79 Å². The van der Waals surface area contributed by atoms with Crippen LogP contribution in [0.15, 0.2) is 24.3 Å². The summed E-state index contributed by atoms with van der Waals surface area (Å²) in [5.74, 6) is 0.977. The number of nitrogens with two attached hydrogens (primary N) is 1. The van der Waals surface area contributed by atoms with Crippen molar-refractivity contribution in [2.75, 3.05) is 13.7 Å². The Kier molecular flexibility index (Phi) is 4.33. The van der Waals surface area contributed by atoms with Crippen molar-refractivity contribution in [3.05, 3.63) is 29.8 Å². The number of hydrogen-bond acceptors (Lipinski definition) is 3. The maximum absolute atomic E-state index is 12.0. The zero-order valence-electron chi connectivity index (χ0n) is 12.5. The van der Waals surface area contributed by atoms with Gasteiger partial charge in [0.15, 0.2) is 0 Å². The van der Waals surface area contributed by atoms with Gasteiger partial charge in [0, 0.05) is 17.5 Å². The first kappa shape index (κ1) is 14.9. The van der Waals surface area contributed by atoms with E-state index in [2.05, 4.69) is 11.4 Å². The minimum atomic E-state index is -0.441. The number of amides is 1. The zero-order valence-corrected chi connectivity index (χ0v) is 12.5. The molecule has 0 saturated heterocycles. The quantitative estimate of drug-likeness (QED) is 0.833. The molecule has 0 aromatic heterocycles. The number of hydrogen-bond donors (Lipinski definition) is 2. The van der Waals surface area contributed by atoms with Gasteiger partial charge in [0.2, 0.25) is 5.91 Å². The van der Waals surface area contributed by atoms with E-state index in [-0.39, 0.29) is 17.2 Å². The van der Waals surface area contributed by atoms with Crippen molar-refractivity contribution in [2.24, 2.45) is 11.7 Å². The van der Waals surface area contributed by atoms with Gasteiger partial charge in [0.25, 0.3) is 0 Å². The largest absolute Gasteiger partial charge is 0.496 e. The molecule has 1 amide bonds. The molecule has 0 bridgehead atoms. The van der Waals surface area contributed by atoms with Crippen molar-refractivity contribution in [3.8, 4) is 5.75 Å². The number of rotatable bonds is 6. The van der Waals surface area contributed by atoms with E-state index < -0.39 is 6.04 Å². The predicted octanol–water partition coefficient (Wildman–Crippen LogP) is 1.83. The maximum atomic E-state index is 12.0. The van der Waals surface area contributed by atoms with Crippen LogP contribution >= 0.6 is 0 Å². The van der Waals surface area contributed by atoms with Gasteiger partial charge in [-0.05, 0) is 24.8 Å². The number of methoxy groups -OCH3 is 1. The molecule has 4 nitrogen and oxygen atoms in total. The third-order valence-corrected chi connectivity index (χ3v) is 4.15. The molecule has 1 aromatic rings. The van der Waals surface area contributed by atoms with Gasteiger partial charge in [0.05, 0.1) is 13.2 Å². The Morgan fingerprint density at radius 1 is 1.40 bits per heavy atom. The molecule has 0 aliphatic heterocycles. The molecule has 1 aliphatic rings. The number of benzene rings is 1. The van der Waals surface area contributed by atoms with E-state index in [0.29, 0.717) is 6.54 Å². The highest BCUT2D eigenvalue weighted by atomic mass is 16.5. The Morgan fingerprint density at radius 2 is 2.05 bits per heavy atom. The van der Waals surface area contributed by atoms with E-state index in [1.54, 1.807) is 7.11 Å². The van der Waals surface area contributed by atoms with Crippen molar-refractivity contribution >= 4 is 5.91 Å². The van der Waals surface area contributed by atoms with Crippen LogP contribution in [-0.4, -0.2) is 25.6 Å². The number of nitrogens with one attached hydrogen (secondary N) is 1. The fraction of sp³-hybridized carbons (Fsp3) is 0.562. The molecule has 110 valence electrons. The Balaban J connectivity index is 2.04. The molecule has 20 heavy (non-hydrogen) atoms. The fourth-order valence-corrected chi connectivity index (χ4v) is 2.45. The molecule has 0 heterocycles. The first-order valence-electron chi connectivity index (χ1n) is 7.17. The predicted molar refractivity (Wildman–Crippen MR) is 79.7 cm³/mol. The van der Waals surface area contributed by atoms with Gasteiger partial charge in [0.1, 0.15) is 5.75 Å². The molecular formula is C16H24N2O2. The molecule has 1 unspecified atom stereocenters. The molecule has 1 atom stereocenters. The lowest BCUT2D eigenvalue weighted by atomic mass is 9.94. The van der Waals surface area contributed by atoms with E-state index in [1.165, 1.54) is 5.56 Å². The van der Waals surface area contributed by atoms with Gasteiger partial charge in [-0.25, -0.2) is 0 Å². The molecule has 4 heteroatoms. The van der Waals surface area contributed by atoms with Gasteiger partial charge in [-0.1, -0.05) is 32.0 Å². The Morgan fingerprint density at radius 3 is 2.60 bits per heavy atom. The second kappa shape index (κ2) is 5.83. The van der Waals surface area contributed by atoms with E-state index >= 15 is 0 Å². The number of para-hydroxylation sites is 1. The van der Waals surface area contributed by atoms with Gasteiger partial charge < -0.3 is 15.8 Å². The zero-order chi connectivity index (χ0) is 14.8. The van der Waals surface area contributed by atoms with Crippen LogP contribution in [0.3, 0.4) is 0 Å². The molecule has 1 saturated carbocycles. The van der Waals surface area contributed by atoms with E-state index in [0.717, 1.165) is 18.6 Å². The molecule has 3 N–H and O–H groups in total. The number of carbonyl (C=O) groups is 1. The monoisotopic (exact) mass is 276 g/mol. The third kappa shape index (κ3) is 2.96. The second-order valence-corrected chi connectivity index (χ2v) is 5.97. The molecule has 2 rings (SSSR count). The SMILES string of the molecule is COc1ccccc1C1(CNC(=O)C(N)C(C)C)CC1. The van der Waals surface area contributed by atoms with Gasteiger partial charge in [-0.2, -0.15) is 0 Å². The molecule has 0 radical (unpaired) electrons. The Labute approximate surface area is 120 Å². The van der Waals surface area contributed by atoms with E-state index in [1.807, 2.05) is 32.0 Å². The summed E-state index contributed by atoms with van der Waals surface area (Å²) in [6, 6.07) is 7.59. The van der Waals surface area contributed by atoms with Crippen LogP contribution < -0.4 is 15.8 Å². The molecular weight excluding hydrogens is 252 g/mol. The molecule has 0 spiro atoms.